The van der Waals surface area contributed by atoms with E-state index in [0.29, 0.717) is 74.2 Å². The molecular formula is O3Zr3. The molecule has 0 aromatic rings. The van der Waals surface area contributed by atoms with Gasteiger partial charge in [-0.25, -0.2) is 0 Å². The summed E-state index contributed by atoms with van der Waals surface area (Å²) < 4.78 is 25.0. The Kier molecular flexibility index (Phi) is 161. The SMILES string of the molecule is [O]=[Zr].[O]=[Zr].[O]=[Zr]. The van der Waals surface area contributed by atoms with Crippen LogP contribution in [0, 0.1) is 0 Å². The van der Waals surface area contributed by atoms with Gasteiger partial charge in [0.2, 0.25) is 0 Å². The van der Waals surface area contributed by atoms with Crippen molar-refractivity contribution in [3.05, 3.63) is 0 Å². The Morgan fingerprint density at radius 2 is 0.500 bits per heavy atom. The van der Waals surface area contributed by atoms with E-state index in [2.05, 4.69) is 0 Å². The molecule has 0 aliphatic rings. The molecule has 0 atom stereocenters. The van der Waals surface area contributed by atoms with Crippen molar-refractivity contribution >= 4 is 0 Å². The summed E-state index contributed by atoms with van der Waals surface area (Å²) in [4.78, 5) is 0. The van der Waals surface area contributed by atoms with Crippen LogP contribution in [-0.4, -0.2) is 0 Å². The third-order valence-corrected chi connectivity index (χ3v) is 0. The molecule has 0 aliphatic carbocycles. The van der Waals surface area contributed by atoms with Crippen LogP contribution in [0.1, 0.15) is 0 Å². The summed E-state index contributed by atoms with van der Waals surface area (Å²) in [7, 11) is 0. The second kappa shape index (κ2) is 61.4. The molecule has 30 valence electrons. The molecule has 6 heteroatoms. The molecule has 6 heavy (non-hydrogen) atoms. The summed E-state index contributed by atoms with van der Waals surface area (Å²) in [6, 6.07) is 0. The van der Waals surface area contributed by atoms with Crippen LogP contribution < -0.4 is 0 Å². The topological polar surface area (TPSA) is 51.2 Å². The Balaban J connectivity index is -0.0000000225. The van der Waals surface area contributed by atoms with Crippen molar-refractivity contribution in [3.63, 3.8) is 0 Å². The van der Waals surface area contributed by atoms with Gasteiger partial charge in [0.05, 0.1) is 0 Å². The Bertz CT molecular complexity index is 10.8. The molecule has 0 saturated carbocycles. The van der Waals surface area contributed by atoms with E-state index in [-0.39, 0.29) is 0 Å². The van der Waals surface area contributed by atoms with Crippen molar-refractivity contribution < 1.29 is 82.6 Å². The molecule has 0 aromatic heterocycles. The monoisotopic (exact) mass is 318 g/mol. The first-order chi connectivity index (χ1) is 3.00. The summed E-state index contributed by atoms with van der Waals surface area (Å²) in [6.07, 6.45) is 0. The van der Waals surface area contributed by atoms with Crippen molar-refractivity contribution in [2.24, 2.45) is 0 Å². The van der Waals surface area contributed by atoms with Gasteiger partial charge in [-0.3, -0.25) is 0 Å². The maximum absolute atomic E-state index is 8.34. The summed E-state index contributed by atoms with van der Waals surface area (Å²) in [5.41, 5.74) is 0. The van der Waals surface area contributed by atoms with Crippen molar-refractivity contribution in [2.45, 2.75) is 0 Å². The predicted octanol–water partition coefficient (Wildman–Crippen LogP) is -0.364. The van der Waals surface area contributed by atoms with Crippen LogP contribution in [-0.2, 0) is 82.6 Å². The van der Waals surface area contributed by atoms with Gasteiger partial charge in [0.15, 0.2) is 0 Å². The molecule has 0 rings (SSSR count). The van der Waals surface area contributed by atoms with Crippen molar-refractivity contribution in [1.82, 2.24) is 0 Å². The summed E-state index contributed by atoms with van der Waals surface area (Å²) in [6.45, 7) is 0. The van der Waals surface area contributed by atoms with E-state index in [1.807, 2.05) is 0 Å². The average Bonchev–Trinajstić information content (AvgIpc) is 1.81. The number of rotatable bonds is 0. The molecule has 0 amide bonds. The summed E-state index contributed by atoms with van der Waals surface area (Å²) in [5.74, 6) is 0. The zero-order valence-electron chi connectivity index (χ0n) is 2.72. The quantitative estimate of drug-likeness (QED) is 0.612. The van der Waals surface area contributed by atoms with Crippen LogP contribution in [0.25, 0.3) is 0 Å². The molecule has 0 bridgehead atoms. The Morgan fingerprint density at radius 3 is 0.500 bits per heavy atom. The zero-order valence-corrected chi connectivity index (χ0v) is 10.1. The minimum atomic E-state index is 0.300. The maximum atomic E-state index is 8.34. The number of hydrogen-bond acceptors (Lipinski definition) is 3. The Labute approximate surface area is 81.1 Å². The Hall–Kier alpha value is 2.05. The van der Waals surface area contributed by atoms with E-state index in [0.717, 1.165) is 0 Å². The van der Waals surface area contributed by atoms with E-state index in [9.17, 15) is 0 Å². The molecule has 0 radical (unpaired) electrons. The fraction of sp³-hybridized carbons (Fsp3) is 0. The average molecular weight is 322 g/mol. The standard InChI is InChI=1S/3O.3Zr. The molecule has 0 aliphatic heterocycles. The zero-order chi connectivity index (χ0) is 6.00. The van der Waals surface area contributed by atoms with E-state index >= 15 is 0 Å². The normalized spacial score (nSPS) is 1.50. The second-order valence-corrected chi connectivity index (χ2v) is 0. The van der Waals surface area contributed by atoms with E-state index in [4.69, 9.17) is 8.44 Å². The summed E-state index contributed by atoms with van der Waals surface area (Å²) in [5, 5.41) is 0. The van der Waals surface area contributed by atoms with Crippen molar-refractivity contribution in [2.75, 3.05) is 0 Å². The van der Waals surface area contributed by atoms with Crippen LogP contribution >= 0.6 is 0 Å². The van der Waals surface area contributed by atoms with Crippen LogP contribution in [0.3, 0.4) is 0 Å². The molecule has 0 aromatic carbocycles. The molecule has 0 heterocycles. The molecule has 0 saturated heterocycles. The van der Waals surface area contributed by atoms with Gasteiger partial charge in [-0.2, -0.15) is 0 Å². The fourth-order valence-electron chi connectivity index (χ4n) is 0. The van der Waals surface area contributed by atoms with Gasteiger partial charge in [-0.1, -0.05) is 0 Å². The first kappa shape index (κ1) is 15.7. The first-order valence-electron chi connectivity index (χ1n) is 0.612. The van der Waals surface area contributed by atoms with Gasteiger partial charge in [0.1, 0.15) is 0 Å². The second-order valence-electron chi connectivity index (χ2n) is 0. The van der Waals surface area contributed by atoms with Crippen LogP contribution in [0.4, 0.5) is 0 Å². The third-order valence-electron chi connectivity index (χ3n) is 0. The van der Waals surface area contributed by atoms with Gasteiger partial charge in [-0.05, 0) is 0 Å². The van der Waals surface area contributed by atoms with E-state index in [1.165, 1.54) is 0 Å². The van der Waals surface area contributed by atoms with Crippen molar-refractivity contribution in [3.8, 4) is 0 Å². The number of hydrogen-bond donors (Lipinski definition) is 0. The fourth-order valence-corrected chi connectivity index (χ4v) is 0. The molecule has 0 unspecified atom stereocenters. The van der Waals surface area contributed by atoms with Gasteiger partial charge in [-0.15, -0.1) is 0 Å². The summed E-state index contributed by atoms with van der Waals surface area (Å²) >= 11 is 0.900. The minimum absolute atomic E-state index is 0.300. The van der Waals surface area contributed by atoms with E-state index in [1.54, 1.807) is 0 Å². The first-order valence-corrected chi connectivity index (χ1v) is 3.62. The van der Waals surface area contributed by atoms with Crippen LogP contribution in [0.2, 0.25) is 0 Å². The molecule has 0 fully saturated rings. The Morgan fingerprint density at radius 1 is 0.500 bits per heavy atom. The van der Waals surface area contributed by atoms with Crippen LogP contribution in [0.5, 0.6) is 0 Å². The van der Waals surface area contributed by atoms with Gasteiger partial charge in [0, 0.05) is 0 Å². The molecular weight excluding hydrogens is 322 g/mol. The molecule has 0 spiro atoms. The molecule has 3 nitrogen and oxygen atoms in total. The third kappa shape index (κ3) is 36.7. The van der Waals surface area contributed by atoms with E-state index < -0.39 is 0 Å². The van der Waals surface area contributed by atoms with Gasteiger partial charge in [0.25, 0.3) is 0 Å². The van der Waals surface area contributed by atoms with Crippen LogP contribution in [0.15, 0.2) is 0 Å². The molecule has 0 N–H and O–H groups in total. The van der Waals surface area contributed by atoms with Gasteiger partial charge >= 0.3 is 82.6 Å². The van der Waals surface area contributed by atoms with Gasteiger partial charge < -0.3 is 0 Å². The predicted molar refractivity (Wildman–Crippen MR) is 2.06 cm³/mol. The van der Waals surface area contributed by atoms with Crippen molar-refractivity contribution in [1.29, 1.82) is 0 Å².